The standard InChI is InChI=1S/C17H21N3O/c18-10-13-5-2-8-15(13)17(21)20-11-14-6-1-4-12-7-3-9-19-16(12)14/h1,3-4,6-7,9,13,15H,2,5,8,10-11,18H2,(H,20,21)/t13-,15-/m1/s1. The fourth-order valence-corrected chi connectivity index (χ4v) is 3.29. The molecule has 1 amide bonds. The molecule has 21 heavy (non-hydrogen) atoms. The number of nitrogens with one attached hydrogen (secondary N) is 1. The molecule has 4 heteroatoms. The second kappa shape index (κ2) is 6.22. The van der Waals surface area contributed by atoms with Crippen LogP contribution in [0.4, 0.5) is 0 Å². The largest absolute Gasteiger partial charge is 0.352 e. The van der Waals surface area contributed by atoms with Crippen LogP contribution in [0.1, 0.15) is 24.8 Å². The fourth-order valence-electron chi connectivity index (χ4n) is 3.29. The molecule has 2 atom stereocenters. The van der Waals surface area contributed by atoms with E-state index in [-0.39, 0.29) is 11.8 Å². The smallest absolute Gasteiger partial charge is 0.223 e. The molecule has 110 valence electrons. The fraction of sp³-hybridized carbons (Fsp3) is 0.412. The summed E-state index contributed by atoms with van der Waals surface area (Å²) in [7, 11) is 0. The molecule has 3 N–H and O–H groups in total. The molecule has 2 aromatic rings. The molecular weight excluding hydrogens is 262 g/mol. The Kier molecular flexibility index (Phi) is 4.15. The van der Waals surface area contributed by atoms with E-state index in [0.717, 1.165) is 35.7 Å². The zero-order chi connectivity index (χ0) is 14.7. The van der Waals surface area contributed by atoms with E-state index in [1.165, 1.54) is 0 Å². The van der Waals surface area contributed by atoms with E-state index in [4.69, 9.17) is 5.73 Å². The number of hydrogen-bond donors (Lipinski definition) is 2. The van der Waals surface area contributed by atoms with Crippen molar-refractivity contribution in [3.05, 3.63) is 42.1 Å². The van der Waals surface area contributed by atoms with Gasteiger partial charge in [0.2, 0.25) is 5.91 Å². The predicted octanol–water partition coefficient (Wildman–Crippen LogP) is 2.23. The molecule has 0 aliphatic heterocycles. The number of benzene rings is 1. The molecule has 1 aromatic carbocycles. The number of para-hydroxylation sites is 1. The number of carbonyl (C=O) groups is 1. The molecule has 1 fully saturated rings. The van der Waals surface area contributed by atoms with Gasteiger partial charge in [-0.05, 0) is 36.9 Å². The molecule has 1 heterocycles. The third kappa shape index (κ3) is 2.90. The monoisotopic (exact) mass is 283 g/mol. The molecule has 0 unspecified atom stereocenters. The number of nitrogens with two attached hydrogens (primary N) is 1. The highest BCUT2D eigenvalue weighted by molar-refractivity contribution is 5.83. The summed E-state index contributed by atoms with van der Waals surface area (Å²) in [6.45, 7) is 1.13. The van der Waals surface area contributed by atoms with Crippen LogP contribution in [0.5, 0.6) is 0 Å². The molecular formula is C17H21N3O. The third-order valence-corrected chi connectivity index (χ3v) is 4.47. The Morgan fingerprint density at radius 3 is 3.00 bits per heavy atom. The minimum absolute atomic E-state index is 0.0814. The minimum atomic E-state index is 0.0814. The lowest BCUT2D eigenvalue weighted by Gasteiger charge is -2.17. The quantitative estimate of drug-likeness (QED) is 0.904. The Balaban J connectivity index is 1.70. The van der Waals surface area contributed by atoms with Gasteiger partial charge in [0, 0.05) is 24.0 Å². The number of carbonyl (C=O) groups excluding carboxylic acids is 1. The molecule has 1 aromatic heterocycles. The summed E-state index contributed by atoms with van der Waals surface area (Å²) in [5, 5.41) is 4.16. The van der Waals surface area contributed by atoms with Gasteiger partial charge >= 0.3 is 0 Å². The predicted molar refractivity (Wildman–Crippen MR) is 83.5 cm³/mol. The number of pyridine rings is 1. The van der Waals surface area contributed by atoms with E-state index in [9.17, 15) is 4.79 Å². The van der Waals surface area contributed by atoms with Gasteiger partial charge in [-0.15, -0.1) is 0 Å². The van der Waals surface area contributed by atoms with Crippen molar-refractivity contribution >= 4 is 16.8 Å². The molecule has 1 aliphatic rings. The summed E-state index contributed by atoms with van der Waals surface area (Å²) in [5.41, 5.74) is 7.77. The summed E-state index contributed by atoms with van der Waals surface area (Å²) >= 11 is 0. The van der Waals surface area contributed by atoms with Crippen LogP contribution < -0.4 is 11.1 Å². The van der Waals surface area contributed by atoms with E-state index < -0.39 is 0 Å². The van der Waals surface area contributed by atoms with Crippen LogP contribution in [0, 0.1) is 11.8 Å². The van der Waals surface area contributed by atoms with Crippen molar-refractivity contribution in [2.45, 2.75) is 25.8 Å². The van der Waals surface area contributed by atoms with Gasteiger partial charge in [-0.3, -0.25) is 9.78 Å². The van der Waals surface area contributed by atoms with E-state index in [2.05, 4.69) is 10.3 Å². The lowest BCUT2D eigenvalue weighted by atomic mass is 9.95. The number of fused-ring (bicyclic) bond motifs is 1. The molecule has 4 nitrogen and oxygen atoms in total. The lowest BCUT2D eigenvalue weighted by molar-refractivity contribution is -0.126. The average molecular weight is 283 g/mol. The molecule has 0 spiro atoms. The highest BCUT2D eigenvalue weighted by atomic mass is 16.1. The van der Waals surface area contributed by atoms with Gasteiger partial charge < -0.3 is 11.1 Å². The van der Waals surface area contributed by atoms with Gasteiger partial charge in [-0.2, -0.15) is 0 Å². The van der Waals surface area contributed by atoms with Crippen molar-refractivity contribution < 1.29 is 4.79 Å². The van der Waals surface area contributed by atoms with E-state index in [1.54, 1.807) is 6.20 Å². The molecule has 1 saturated carbocycles. The van der Waals surface area contributed by atoms with E-state index in [0.29, 0.717) is 19.0 Å². The zero-order valence-corrected chi connectivity index (χ0v) is 12.1. The second-order valence-electron chi connectivity index (χ2n) is 5.74. The molecule has 3 rings (SSSR count). The molecule has 0 bridgehead atoms. The summed E-state index contributed by atoms with van der Waals surface area (Å²) in [4.78, 5) is 16.8. The number of amides is 1. The molecule has 0 saturated heterocycles. The van der Waals surface area contributed by atoms with Crippen LogP contribution >= 0.6 is 0 Å². The van der Waals surface area contributed by atoms with Crippen LogP contribution in [-0.2, 0) is 11.3 Å². The van der Waals surface area contributed by atoms with Gasteiger partial charge in [-0.25, -0.2) is 0 Å². The highest BCUT2D eigenvalue weighted by Gasteiger charge is 2.31. The van der Waals surface area contributed by atoms with Gasteiger partial charge in [0.25, 0.3) is 0 Å². The van der Waals surface area contributed by atoms with E-state index in [1.807, 2.05) is 30.3 Å². The van der Waals surface area contributed by atoms with Crippen molar-refractivity contribution in [1.82, 2.24) is 10.3 Å². The van der Waals surface area contributed by atoms with Crippen LogP contribution in [0.25, 0.3) is 10.9 Å². The molecule has 1 aliphatic carbocycles. The summed E-state index contributed by atoms with van der Waals surface area (Å²) in [6.07, 6.45) is 4.93. The third-order valence-electron chi connectivity index (χ3n) is 4.47. The van der Waals surface area contributed by atoms with Crippen molar-refractivity contribution in [3.63, 3.8) is 0 Å². The Morgan fingerprint density at radius 2 is 2.14 bits per heavy atom. The number of aromatic nitrogens is 1. The van der Waals surface area contributed by atoms with Crippen LogP contribution in [0.15, 0.2) is 36.5 Å². The van der Waals surface area contributed by atoms with Gasteiger partial charge in [0.15, 0.2) is 0 Å². The number of rotatable bonds is 4. The highest BCUT2D eigenvalue weighted by Crippen LogP contribution is 2.31. The topological polar surface area (TPSA) is 68.0 Å². The maximum absolute atomic E-state index is 12.3. The van der Waals surface area contributed by atoms with E-state index >= 15 is 0 Å². The number of nitrogens with zero attached hydrogens (tertiary/aromatic N) is 1. The first-order valence-electron chi connectivity index (χ1n) is 7.60. The maximum atomic E-state index is 12.3. The van der Waals surface area contributed by atoms with Crippen LogP contribution in [0.2, 0.25) is 0 Å². The first kappa shape index (κ1) is 14.0. The van der Waals surface area contributed by atoms with Crippen molar-refractivity contribution in [3.8, 4) is 0 Å². The van der Waals surface area contributed by atoms with Crippen molar-refractivity contribution in [2.75, 3.05) is 6.54 Å². The van der Waals surface area contributed by atoms with Crippen LogP contribution in [-0.4, -0.2) is 17.4 Å². The SMILES string of the molecule is NC[C@H]1CCC[C@H]1C(=O)NCc1cccc2cccnc12. The average Bonchev–Trinajstić information content (AvgIpc) is 3.01. The lowest BCUT2D eigenvalue weighted by Crippen LogP contribution is -2.34. The van der Waals surface area contributed by atoms with Crippen LogP contribution in [0.3, 0.4) is 0 Å². The zero-order valence-electron chi connectivity index (χ0n) is 12.1. The van der Waals surface area contributed by atoms with Crippen molar-refractivity contribution in [2.24, 2.45) is 17.6 Å². The Labute approximate surface area is 124 Å². The molecule has 0 radical (unpaired) electrons. The normalized spacial score (nSPS) is 21.6. The van der Waals surface area contributed by atoms with Gasteiger partial charge in [-0.1, -0.05) is 30.7 Å². The Morgan fingerprint density at radius 1 is 1.29 bits per heavy atom. The Bertz CT molecular complexity index is 635. The van der Waals surface area contributed by atoms with Gasteiger partial charge in [0.05, 0.1) is 5.52 Å². The van der Waals surface area contributed by atoms with Crippen molar-refractivity contribution in [1.29, 1.82) is 0 Å². The summed E-state index contributed by atoms with van der Waals surface area (Å²) in [6, 6.07) is 10.0. The first-order valence-corrected chi connectivity index (χ1v) is 7.60. The Hall–Kier alpha value is -1.94. The maximum Gasteiger partial charge on any atom is 0.223 e. The summed E-state index contributed by atoms with van der Waals surface area (Å²) in [5.74, 6) is 0.560. The first-order chi connectivity index (χ1) is 10.3. The minimum Gasteiger partial charge on any atom is -0.352 e. The second-order valence-corrected chi connectivity index (χ2v) is 5.74. The van der Waals surface area contributed by atoms with Gasteiger partial charge in [0.1, 0.15) is 0 Å². The number of hydrogen-bond acceptors (Lipinski definition) is 3. The summed E-state index contributed by atoms with van der Waals surface area (Å²) < 4.78 is 0.